The van der Waals surface area contributed by atoms with Gasteiger partial charge in [0.15, 0.2) is 0 Å². The zero-order valence-electron chi connectivity index (χ0n) is 23.0. The molecule has 2 atom stereocenters. The van der Waals surface area contributed by atoms with Gasteiger partial charge in [-0.25, -0.2) is 9.59 Å². The molecule has 2 aromatic carbocycles. The molecule has 2 unspecified atom stereocenters. The molecule has 2 N–H and O–H groups in total. The fourth-order valence-electron chi connectivity index (χ4n) is 3.34. The van der Waals surface area contributed by atoms with Crippen molar-refractivity contribution in [3.8, 4) is 23.7 Å². The lowest BCUT2D eigenvalue weighted by molar-refractivity contribution is -0.149. The number of hydrogen-bond acceptors (Lipinski definition) is 6. The van der Waals surface area contributed by atoms with Crippen molar-refractivity contribution in [2.45, 2.75) is 77.7 Å². The Balaban J connectivity index is 1.51. The van der Waals surface area contributed by atoms with Crippen LogP contribution in [0.1, 0.15) is 63.5 Å². The topological polar surface area (TPSA) is 111 Å². The molecule has 0 saturated heterocycles. The quantitative estimate of drug-likeness (QED) is 0.213. The van der Waals surface area contributed by atoms with E-state index in [1.54, 1.807) is 13.8 Å². The van der Waals surface area contributed by atoms with Crippen molar-refractivity contribution in [3.05, 3.63) is 71.8 Å². The Morgan fingerprint density at radius 3 is 1.40 bits per heavy atom. The number of benzene rings is 2. The highest BCUT2D eigenvalue weighted by Gasteiger charge is 2.17. The van der Waals surface area contributed by atoms with E-state index in [-0.39, 0.29) is 37.9 Å². The number of hydrogen-bond donors (Lipinski definition) is 2. The highest BCUT2D eigenvalue weighted by molar-refractivity contribution is 5.84. The average molecular weight is 545 g/mol. The lowest BCUT2D eigenvalue weighted by atomic mass is 10.2. The molecule has 0 aliphatic rings. The summed E-state index contributed by atoms with van der Waals surface area (Å²) in [5.74, 6) is 9.80. The van der Waals surface area contributed by atoms with Crippen LogP contribution in [0.25, 0.3) is 0 Å². The fourth-order valence-corrected chi connectivity index (χ4v) is 3.34. The summed E-state index contributed by atoms with van der Waals surface area (Å²) < 4.78 is 10.4. The Morgan fingerprint density at radius 2 is 1.02 bits per heavy atom. The van der Waals surface area contributed by atoms with Crippen molar-refractivity contribution in [2.75, 3.05) is 0 Å². The summed E-state index contributed by atoms with van der Waals surface area (Å²) in [5, 5.41) is 5.27. The number of esters is 2. The smallest absolute Gasteiger partial charge is 0.328 e. The highest BCUT2D eigenvalue weighted by atomic mass is 16.5. The Kier molecular flexibility index (Phi) is 14.8. The third-order valence-electron chi connectivity index (χ3n) is 5.56. The molecule has 8 nitrogen and oxygen atoms in total. The van der Waals surface area contributed by atoms with Crippen LogP contribution in [-0.2, 0) is 41.9 Å². The standard InChI is InChI=1S/C32H36N2O6/c1-25(31(37)39-23-27-17-11-9-12-18-27)33-29(35)21-15-7-5-3-4-6-8-16-22-30(36)34-26(2)32(38)40-24-28-19-13-10-14-20-28/h9-14,17-20,25-26H,7-8,15-16,21-24H2,1-2H3,(H,33,35)(H,34,36). The molecule has 0 aliphatic heterocycles. The average Bonchev–Trinajstić information content (AvgIpc) is 2.96. The summed E-state index contributed by atoms with van der Waals surface area (Å²) in [7, 11) is 0. The second-order valence-corrected chi connectivity index (χ2v) is 9.08. The minimum Gasteiger partial charge on any atom is -0.459 e. The van der Waals surface area contributed by atoms with E-state index in [9.17, 15) is 19.2 Å². The van der Waals surface area contributed by atoms with Crippen LogP contribution in [0, 0.1) is 23.7 Å². The SMILES string of the molecule is CC(NC(=O)CCCC#CC#CCCCC(=O)NC(C)C(=O)OCc1ccccc1)C(=O)OCc1ccccc1. The molecule has 40 heavy (non-hydrogen) atoms. The van der Waals surface area contributed by atoms with Gasteiger partial charge in [0, 0.05) is 25.7 Å². The molecule has 0 saturated carbocycles. The Labute approximate surface area is 236 Å². The Hall–Kier alpha value is -4.56. The maximum absolute atomic E-state index is 12.0. The molecule has 2 amide bonds. The van der Waals surface area contributed by atoms with Crippen LogP contribution in [0.2, 0.25) is 0 Å². The van der Waals surface area contributed by atoms with Gasteiger partial charge in [-0.1, -0.05) is 72.5 Å². The molecule has 0 fully saturated rings. The third-order valence-corrected chi connectivity index (χ3v) is 5.56. The Bertz CT molecular complexity index is 1120. The predicted octanol–water partition coefficient (Wildman–Crippen LogP) is 3.83. The van der Waals surface area contributed by atoms with Crippen LogP contribution in [0.15, 0.2) is 60.7 Å². The van der Waals surface area contributed by atoms with Crippen LogP contribution >= 0.6 is 0 Å². The second-order valence-electron chi connectivity index (χ2n) is 9.08. The van der Waals surface area contributed by atoms with Crippen molar-refractivity contribution < 1.29 is 28.7 Å². The highest BCUT2D eigenvalue weighted by Crippen LogP contribution is 2.04. The summed E-state index contributed by atoms with van der Waals surface area (Å²) in [5.41, 5.74) is 1.76. The van der Waals surface area contributed by atoms with E-state index >= 15 is 0 Å². The summed E-state index contributed by atoms with van der Waals surface area (Å²) in [6, 6.07) is 17.2. The first-order chi connectivity index (χ1) is 19.3. The van der Waals surface area contributed by atoms with Gasteiger partial charge in [0.1, 0.15) is 25.3 Å². The van der Waals surface area contributed by atoms with Crippen LogP contribution in [0.4, 0.5) is 0 Å². The van der Waals surface area contributed by atoms with E-state index in [4.69, 9.17) is 9.47 Å². The van der Waals surface area contributed by atoms with Gasteiger partial charge < -0.3 is 20.1 Å². The number of unbranched alkanes of at least 4 members (excludes halogenated alkanes) is 2. The summed E-state index contributed by atoms with van der Waals surface area (Å²) in [4.78, 5) is 48.2. The molecule has 0 heterocycles. The van der Waals surface area contributed by atoms with E-state index in [0.717, 1.165) is 11.1 Å². The van der Waals surface area contributed by atoms with Gasteiger partial charge in [-0.2, -0.15) is 0 Å². The number of rotatable bonds is 14. The summed E-state index contributed by atoms with van der Waals surface area (Å²) in [6.45, 7) is 3.50. The van der Waals surface area contributed by atoms with Gasteiger partial charge in [0.05, 0.1) is 0 Å². The first-order valence-electron chi connectivity index (χ1n) is 13.3. The molecule has 2 aromatic rings. The Morgan fingerprint density at radius 1 is 0.650 bits per heavy atom. The minimum atomic E-state index is -0.730. The molecule has 0 radical (unpaired) electrons. The maximum Gasteiger partial charge on any atom is 0.328 e. The zero-order valence-corrected chi connectivity index (χ0v) is 23.0. The van der Waals surface area contributed by atoms with E-state index in [2.05, 4.69) is 34.3 Å². The minimum absolute atomic E-state index is 0.162. The lowest BCUT2D eigenvalue weighted by Crippen LogP contribution is -2.39. The lowest BCUT2D eigenvalue weighted by Gasteiger charge is -2.13. The number of amides is 2. The van der Waals surface area contributed by atoms with Crippen LogP contribution in [0.5, 0.6) is 0 Å². The molecule has 2 rings (SSSR count). The van der Waals surface area contributed by atoms with Crippen LogP contribution < -0.4 is 10.6 Å². The van der Waals surface area contributed by atoms with Crippen molar-refractivity contribution in [2.24, 2.45) is 0 Å². The number of carbonyl (C=O) groups excluding carboxylic acids is 4. The van der Waals surface area contributed by atoms with Gasteiger partial charge >= 0.3 is 11.9 Å². The van der Waals surface area contributed by atoms with Crippen molar-refractivity contribution in [3.63, 3.8) is 0 Å². The number of ether oxygens (including phenoxy) is 2. The predicted molar refractivity (Wildman–Crippen MR) is 151 cm³/mol. The van der Waals surface area contributed by atoms with E-state index in [0.29, 0.717) is 25.7 Å². The summed E-state index contributed by atoms with van der Waals surface area (Å²) >= 11 is 0. The van der Waals surface area contributed by atoms with E-state index in [1.165, 1.54) is 0 Å². The van der Waals surface area contributed by atoms with E-state index in [1.807, 2.05) is 60.7 Å². The molecule has 210 valence electrons. The number of nitrogens with one attached hydrogen (secondary N) is 2. The molecule has 8 heteroatoms. The number of carbonyl (C=O) groups is 4. The molecule has 0 spiro atoms. The van der Waals surface area contributed by atoms with Crippen molar-refractivity contribution in [1.29, 1.82) is 0 Å². The van der Waals surface area contributed by atoms with Crippen molar-refractivity contribution >= 4 is 23.8 Å². The van der Waals surface area contributed by atoms with Crippen LogP contribution in [-0.4, -0.2) is 35.8 Å². The summed E-state index contributed by atoms with van der Waals surface area (Å²) in [6.07, 6.45) is 2.56. The van der Waals surface area contributed by atoms with Crippen molar-refractivity contribution in [1.82, 2.24) is 10.6 Å². The second kappa shape index (κ2) is 18.7. The molecular weight excluding hydrogens is 508 g/mol. The first-order valence-corrected chi connectivity index (χ1v) is 13.3. The maximum atomic E-state index is 12.0. The monoisotopic (exact) mass is 544 g/mol. The van der Waals surface area contributed by atoms with E-state index < -0.39 is 24.0 Å². The first kappa shape index (κ1) is 31.7. The van der Waals surface area contributed by atoms with Gasteiger partial charge in [0.2, 0.25) is 11.8 Å². The molecule has 0 aliphatic carbocycles. The molecule has 0 bridgehead atoms. The molecular formula is C32H36N2O6. The normalized spacial score (nSPS) is 11.3. The molecule has 0 aromatic heterocycles. The third kappa shape index (κ3) is 13.8. The fraction of sp³-hybridized carbons (Fsp3) is 0.375. The van der Waals surface area contributed by atoms with Gasteiger partial charge in [-0.15, -0.1) is 0 Å². The zero-order chi connectivity index (χ0) is 29.0. The van der Waals surface area contributed by atoms with Gasteiger partial charge in [-0.3, -0.25) is 9.59 Å². The van der Waals surface area contributed by atoms with Crippen LogP contribution in [0.3, 0.4) is 0 Å². The largest absolute Gasteiger partial charge is 0.459 e. The van der Waals surface area contributed by atoms with Gasteiger partial charge in [-0.05, 0) is 49.7 Å². The van der Waals surface area contributed by atoms with Gasteiger partial charge in [0.25, 0.3) is 0 Å².